The van der Waals surface area contributed by atoms with E-state index < -0.39 is 9.85 Å². The normalized spacial score (nSPS) is 9.45. The monoisotopic (exact) mass is 308 g/mol. The lowest BCUT2D eigenvalue weighted by atomic mass is 10.3. The molecule has 0 saturated heterocycles. The molecule has 0 amide bonds. The highest BCUT2D eigenvalue weighted by Gasteiger charge is 2.15. The van der Waals surface area contributed by atoms with Gasteiger partial charge in [0.05, 0.1) is 9.85 Å². The van der Waals surface area contributed by atoms with E-state index in [1.807, 2.05) is 0 Å². The fraction of sp³-hybridized carbons (Fsp3) is 0. The van der Waals surface area contributed by atoms with Crippen molar-refractivity contribution in [1.29, 1.82) is 0 Å². The van der Waals surface area contributed by atoms with E-state index in [1.165, 1.54) is 24.4 Å². The van der Waals surface area contributed by atoms with Crippen molar-refractivity contribution in [2.45, 2.75) is 0 Å². The van der Waals surface area contributed by atoms with E-state index in [1.54, 1.807) is 0 Å². The van der Waals surface area contributed by atoms with E-state index in [4.69, 9.17) is 22.9 Å². The van der Waals surface area contributed by atoms with Gasteiger partial charge in [-0.3, -0.25) is 20.2 Å². The first-order chi connectivity index (χ1) is 10.2. The molecule has 8 N–H and O–H groups in total. The number of rotatable bonds is 2. The van der Waals surface area contributed by atoms with E-state index in [-0.39, 0.29) is 34.5 Å². The number of pyridine rings is 2. The molecule has 12 heteroatoms. The number of nitrogens with zero attached hydrogens (tertiary/aromatic N) is 4. The molecule has 0 aliphatic carbocycles. The van der Waals surface area contributed by atoms with Gasteiger partial charge in [-0.2, -0.15) is 0 Å². The van der Waals surface area contributed by atoms with Gasteiger partial charge < -0.3 is 22.9 Å². The lowest BCUT2D eigenvalue weighted by Crippen LogP contribution is -2.01. The molecule has 0 aliphatic rings. The van der Waals surface area contributed by atoms with E-state index in [0.29, 0.717) is 0 Å². The third-order valence-electron chi connectivity index (χ3n) is 2.29. The maximum Gasteiger partial charge on any atom is 0.333 e. The first kappa shape index (κ1) is 16.4. The Balaban J connectivity index is 0.000000220. The molecule has 0 saturated carbocycles. The smallest absolute Gasteiger partial charge is 0.333 e. The zero-order chi connectivity index (χ0) is 16.9. The third-order valence-corrected chi connectivity index (χ3v) is 2.29. The van der Waals surface area contributed by atoms with Crippen LogP contribution in [0.3, 0.4) is 0 Å². The van der Waals surface area contributed by atoms with Crippen molar-refractivity contribution >= 4 is 34.5 Å². The second-order valence-electron chi connectivity index (χ2n) is 3.79. The van der Waals surface area contributed by atoms with Gasteiger partial charge in [0, 0.05) is 12.3 Å². The Bertz CT molecular complexity index is 700. The summed E-state index contributed by atoms with van der Waals surface area (Å²) < 4.78 is 0. The van der Waals surface area contributed by atoms with Crippen LogP contribution in [0.15, 0.2) is 24.4 Å². The molecule has 0 aromatic carbocycles. The number of nitro groups is 2. The number of anilines is 4. The van der Waals surface area contributed by atoms with Crippen molar-refractivity contribution in [2.24, 2.45) is 0 Å². The Kier molecular flexibility index (Phi) is 4.94. The standard InChI is InChI=1S/2C5H6N4O2/c6-3-1-2-8-5(7)4(3)9(10)11;6-4-2-1-3(9(10)11)5(7)8-4/h2*1-2H,(H4,6,7,8). The maximum absolute atomic E-state index is 10.2. The molecule has 2 aromatic heterocycles. The molecule has 2 aromatic rings. The minimum atomic E-state index is -0.655. The third kappa shape index (κ3) is 3.89. The quantitative estimate of drug-likeness (QED) is 0.439. The Morgan fingerprint density at radius 2 is 1.55 bits per heavy atom. The van der Waals surface area contributed by atoms with Gasteiger partial charge in [0.25, 0.3) is 0 Å². The zero-order valence-electron chi connectivity index (χ0n) is 11.0. The summed E-state index contributed by atoms with van der Waals surface area (Å²) in [5, 5.41) is 20.4. The molecule has 2 heterocycles. The van der Waals surface area contributed by atoms with Crippen LogP contribution >= 0.6 is 0 Å². The van der Waals surface area contributed by atoms with Gasteiger partial charge in [0.1, 0.15) is 11.5 Å². The van der Waals surface area contributed by atoms with E-state index >= 15 is 0 Å². The fourth-order valence-electron chi connectivity index (χ4n) is 1.32. The Morgan fingerprint density at radius 1 is 0.909 bits per heavy atom. The highest BCUT2D eigenvalue weighted by atomic mass is 16.6. The SMILES string of the molecule is Nc1ccc([N+](=O)[O-])c(N)n1.Nc1ccnc(N)c1[N+](=O)[O-]. The summed E-state index contributed by atoms with van der Waals surface area (Å²) in [6.07, 6.45) is 1.32. The molecule has 2 rings (SSSR count). The molecule has 0 unspecified atom stereocenters. The first-order valence-electron chi connectivity index (χ1n) is 5.54. The van der Waals surface area contributed by atoms with Crippen LogP contribution in [0.1, 0.15) is 0 Å². The highest BCUT2D eigenvalue weighted by Crippen LogP contribution is 2.24. The Labute approximate surface area is 123 Å². The summed E-state index contributed by atoms with van der Waals surface area (Å²) >= 11 is 0. The lowest BCUT2D eigenvalue weighted by molar-refractivity contribution is -0.384. The van der Waals surface area contributed by atoms with Crippen LogP contribution in [0.2, 0.25) is 0 Å². The van der Waals surface area contributed by atoms with Crippen LogP contribution in [0.25, 0.3) is 0 Å². The number of nitrogens with two attached hydrogens (primary N) is 4. The van der Waals surface area contributed by atoms with E-state index in [9.17, 15) is 20.2 Å². The maximum atomic E-state index is 10.2. The van der Waals surface area contributed by atoms with Crippen molar-refractivity contribution < 1.29 is 9.85 Å². The molecule has 0 aliphatic heterocycles. The molecular weight excluding hydrogens is 296 g/mol. The molecule has 0 fully saturated rings. The van der Waals surface area contributed by atoms with Gasteiger partial charge >= 0.3 is 11.4 Å². The zero-order valence-corrected chi connectivity index (χ0v) is 11.0. The van der Waals surface area contributed by atoms with Gasteiger partial charge in [-0.1, -0.05) is 0 Å². The summed E-state index contributed by atoms with van der Waals surface area (Å²) in [7, 11) is 0. The van der Waals surface area contributed by atoms with Crippen LogP contribution in [0.4, 0.5) is 34.5 Å². The number of aromatic nitrogens is 2. The molecule has 0 atom stereocenters. The molecule has 116 valence electrons. The van der Waals surface area contributed by atoms with Gasteiger partial charge in [-0.05, 0) is 12.1 Å². The number of nitrogen functional groups attached to an aromatic ring is 4. The van der Waals surface area contributed by atoms with Crippen LogP contribution in [-0.4, -0.2) is 19.8 Å². The largest absolute Gasteiger partial charge is 0.393 e. The minimum Gasteiger partial charge on any atom is -0.393 e. The molecule has 0 bridgehead atoms. The van der Waals surface area contributed by atoms with Crippen LogP contribution in [0.5, 0.6) is 0 Å². The van der Waals surface area contributed by atoms with Crippen LogP contribution in [-0.2, 0) is 0 Å². The lowest BCUT2D eigenvalue weighted by Gasteiger charge is -1.97. The summed E-state index contributed by atoms with van der Waals surface area (Å²) in [6, 6.07) is 3.88. The van der Waals surface area contributed by atoms with E-state index in [0.717, 1.165) is 0 Å². The minimum absolute atomic E-state index is 0.0301. The highest BCUT2D eigenvalue weighted by molar-refractivity contribution is 5.68. The van der Waals surface area contributed by atoms with Crippen molar-refractivity contribution in [1.82, 2.24) is 9.97 Å². The molecule has 22 heavy (non-hydrogen) atoms. The molecule has 0 spiro atoms. The molecule has 12 nitrogen and oxygen atoms in total. The average molecular weight is 308 g/mol. The predicted molar refractivity (Wildman–Crippen MR) is 79.4 cm³/mol. The van der Waals surface area contributed by atoms with E-state index in [2.05, 4.69) is 9.97 Å². The summed E-state index contributed by atoms with van der Waals surface area (Å²) in [5.74, 6) is -0.141. The first-order valence-corrected chi connectivity index (χ1v) is 5.54. The molecule has 0 radical (unpaired) electrons. The Hall–Kier alpha value is -3.70. The molecular formula is C10H12N8O4. The summed E-state index contributed by atoms with van der Waals surface area (Å²) in [5.41, 5.74) is 20.3. The predicted octanol–water partition coefficient (Wildman–Crippen LogP) is 0.308. The number of hydrogen-bond donors (Lipinski definition) is 4. The van der Waals surface area contributed by atoms with Crippen molar-refractivity contribution in [3.8, 4) is 0 Å². The summed E-state index contributed by atoms with van der Waals surface area (Å²) in [6.45, 7) is 0. The van der Waals surface area contributed by atoms with Gasteiger partial charge in [-0.25, -0.2) is 9.97 Å². The van der Waals surface area contributed by atoms with Crippen molar-refractivity contribution in [3.63, 3.8) is 0 Å². The summed E-state index contributed by atoms with van der Waals surface area (Å²) in [4.78, 5) is 26.2. The second-order valence-corrected chi connectivity index (χ2v) is 3.79. The fourth-order valence-corrected chi connectivity index (χ4v) is 1.32. The second kappa shape index (κ2) is 6.65. The average Bonchev–Trinajstić information content (AvgIpc) is 2.38. The van der Waals surface area contributed by atoms with Gasteiger partial charge in [0.2, 0.25) is 11.6 Å². The number of hydrogen-bond acceptors (Lipinski definition) is 10. The Morgan fingerprint density at radius 3 is 1.95 bits per heavy atom. The van der Waals surface area contributed by atoms with Crippen molar-refractivity contribution in [2.75, 3.05) is 22.9 Å². The van der Waals surface area contributed by atoms with Crippen LogP contribution in [0, 0.1) is 20.2 Å². The van der Waals surface area contributed by atoms with Crippen molar-refractivity contribution in [3.05, 3.63) is 44.6 Å². The van der Waals surface area contributed by atoms with Crippen LogP contribution < -0.4 is 22.9 Å². The topological polar surface area (TPSA) is 216 Å². The van der Waals surface area contributed by atoms with Gasteiger partial charge in [-0.15, -0.1) is 0 Å². The van der Waals surface area contributed by atoms with Gasteiger partial charge in [0.15, 0.2) is 0 Å².